The minimum atomic E-state index is 0. The van der Waals surface area contributed by atoms with Crippen LogP contribution in [0.5, 0.6) is 0 Å². The van der Waals surface area contributed by atoms with Crippen LogP contribution in [0, 0.1) is 5.92 Å². The van der Waals surface area contributed by atoms with Crippen LogP contribution < -0.4 is 10.6 Å². The Morgan fingerprint density at radius 2 is 1.95 bits per heavy atom. The van der Waals surface area contributed by atoms with Gasteiger partial charge in [-0.25, -0.2) is 0 Å². The molecule has 118 valence electrons. The third-order valence-electron chi connectivity index (χ3n) is 4.40. The van der Waals surface area contributed by atoms with Crippen molar-refractivity contribution >= 4 is 29.1 Å². The van der Waals surface area contributed by atoms with Gasteiger partial charge in [0.05, 0.1) is 0 Å². The number of hydrogen-bond acceptors (Lipinski definition) is 2. The molecular formula is C18H23ClN2O. The summed E-state index contributed by atoms with van der Waals surface area (Å²) in [6.07, 6.45) is 0.970. The topological polar surface area (TPSA) is 41.1 Å². The number of halogens is 1. The van der Waals surface area contributed by atoms with E-state index in [9.17, 15) is 4.79 Å². The van der Waals surface area contributed by atoms with Crippen molar-refractivity contribution in [3.63, 3.8) is 0 Å². The van der Waals surface area contributed by atoms with Crippen LogP contribution in [0.25, 0.3) is 10.8 Å². The van der Waals surface area contributed by atoms with Gasteiger partial charge in [-0.05, 0) is 42.6 Å². The lowest BCUT2D eigenvalue weighted by molar-refractivity contribution is -0.122. The average molecular weight is 319 g/mol. The van der Waals surface area contributed by atoms with E-state index in [0.29, 0.717) is 18.5 Å². The molecule has 22 heavy (non-hydrogen) atoms. The van der Waals surface area contributed by atoms with Crippen molar-refractivity contribution in [2.24, 2.45) is 5.92 Å². The van der Waals surface area contributed by atoms with Crippen LogP contribution in [0.3, 0.4) is 0 Å². The summed E-state index contributed by atoms with van der Waals surface area (Å²) in [5, 5.41) is 8.67. The van der Waals surface area contributed by atoms with Crippen molar-refractivity contribution in [1.82, 2.24) is 10.6 Å². The van der Waals surface area contributed by atoms with Crippen LogP contribution >= 0.6 is 12.4 Å². The standard InChI is InChI=1S/C18H22N2O.ClH/c1-12(19-2)11-20-18(21)17-10-16(17)15-8-7-13-5-3-4-6-14(13)9-15;/h3-9,12,16-17,19H,10-11H2,1-2H3,(H,20,21);1H. The number of amides is 1. The van der Waals surface area contributed by atoms with Crippen molar-refractivity contribution < 1.29 is 4.79 Å². The Morgan fingerprint density at radius 1 is 1.23 bits per heavy atom. The SMILES string of the molecule is CNC(C)CNC(=O)C1CC1c1ccc2ccccc2c1.Cl. The third-order valence-corrected chi connectivity index (χ3v) is 4.40. The van der Waals surface area contributed by atoms with Gasteiger partial charge in [0.25, 0.3) is 0 Å². The van der Waals surface area contributed by atoms with Crippen LogP contribution in [0.1, 0.15) is 24.8 Å². The molecule has 1 saturated carbocycles. The minimum Gasteiger partial charge on any atom is -0.354 e. The first-order chi connectivity index (χ1) is 10.2. The third kappa shape index (κ3) is 3.60. The summed E-state index contributed by atoms with van der Waals surface area (Å²) in [6.45, 7) is 2.75. The maximum Gasteiger partial charge on any atom is 0.223 e. The van der Waals surface area contributed by atoms with Gasteiger partial charge in [-0.2, -0.15) is 0 Å². The molecule has 1 amide bonds. The van der Waals surface area contributed by atoms with Crippen LogP contribution in [0.2, 0.25) is 0 Å². The summed E-state index contributed by atoms with van der Waals surface area (Å²) in [7, 11) is 1.91. The van der Waals surface area contributed by atoms with Gasteiger partial charge in [-0.1, -0.05) is 42.5 Å². The minimum absolute atomic E-state index is 0. The monoisotopic (exact) mass is 318 g/mol. The van der Waals surface area contributed by atoms with E-state index in [-0.39, 0.29) is 24.2 Å². The first kappa shape index (κ1) is 16.8. The smallest absolute Gasteiger partial charge is 0.223 e. The molecular weight excluding hydrogens is 296 g/mol. The maximum absolute atomic E-state index is 12.1. The molecule has 0 radical (unpaired) electrons. The zero-order valence-corrected chi connectivity index (χ0v) is 13.8. The largest absolute Gasteiger partial charge is 0.354 e. The van der Waals surface area contributed by atoms with Crippen molar-refractivity contribution in [1.29, 1.82) is 0 Å². The quantitative estimate of drug-likeness (QED) is 0.889. The Morgan fingerprint density at radius 3 is 2.68 bits per heavy atom. The molecule has 2 aromatic carbocycles. The highest BCUT2D eigenvalue weighted by Crippen LogP contribution is 2.48. The van der Waals surface area contributed by atoms with E-state index in [2.05, 4.69) is 60.0 Å². The van der Waals surface area contributed by atoms with Crippen molar-refractivity contribution in [3.05, 3.63) is 48.0 Å². The van der Waals surface area contributed by atoms with E-state index >= 15 is 0 Å². The number of fused-ring (bicyclic) bond motifs is 1. The van der Waals surface area contributed by atoms with E-state index in [1.807, 2.05) is 7.05 Å². The zero-order valence-electron chi connectivity index (χ0n) is 13.0. The van der Waals surface area contributed by atoms with E-state index in [0.717, 1.165) is 6.42 Å². The van der Waals surface area contributed by atoms with E-state index in [1.165, 1.54) is 16.3 Å². The van der Waals surface area contributed by atoms with E-state index < -0.39 is 0 Å². The van der Waals surface area contributed by atoms with Crippen LogP contribution in [0.4, 0.5) is 0 Å². The Bertz CT molecular complexity index is 658. The molecule has 0 bridgehead atoms. The number of hydrogen-bond donors (Lipinski definition) is 2. The molecule has 3 atom stereocenters. The van der Waals surface area contributed by atoms with E-state index in [1.54, 1.807) is 0 Å². The molecule has 1 fully saturated rings. The number of carbonyl (C=O) groups is 1. The van der Waals surface area contributed by atoms with Gasteiger partial charge < -0.3 is 10.6 Å². The summed E-state index contributed by atoms with van der Waals surface area (Å²) in [5.41, 5.74) is 1.29. The Labute approximate surface area is 137 Å². The lowest BCUT2D eigenvalue weighted by Crippen LogP contribution is -2.37. The van der Waals surface area contributed by atoms with Crippen molar-refractivity contribution in [2.45, 2.75) is 25.3 Å². The molecule has 1 aliphatic rings. The number of benzene rings is 2. The fourth-order valence-corrected chi connectivity index (χ4v) is 2.78. The number of nitrogens with one attached hydrogen (secondary N) is 2. The summed E-state index contributed by atoms with van der Waals surface area (Å²) in [5.74, 6) is 0.727. The molecule has 2 aromatic rings. The van der Waals surface area contributed by atoms with Gasteiger partial charge in [-0.15, -0.1) is 12.4 Å². The molecule has 1 aliphatic carbocycles. The fourth-order valence-electron chi connectivity index (χ4n) is 2.78. The molecule has 0 spiro atoms. The zero-order chi connectivity index (χ0) is 14.8. The molecule has 0 saturated heterocycles. The summed E-state index contributed by atoms with van der Waals surface area (Å²) in [4.78, 5) is 12.1. The predicted molar refractivity (Wildman–Crippen MR) is 93.6 cm³/mol. The number of rotatable bonds is 5. The summed E-state index contributed by atoms with van der Waals surface area (Å²) in [6, 6.07) is 15.2. The average Bonchev–Trinajstić information content (AvgIpc) is 3.32. The normalized spacial score (nSPS) is 21.0. The highest BCUT2D eigenvalue weighted by atomic mass is 35.5. The molecule has 0 aliphatic heterocycles. The molecule has 2 N–H and O–H groups in total. The highest BCUT2D eigenvalue weighted by Gasteiger charge is 2.43. The van der Waals surface area contributed by atoms with Crippen molar-refractivity contribution in [3.8, 4) is 0 Å². The summed E-state index contributed by atoms with van der Waals surface area (Å²) < 4.78 is 0. The van der Waals surface area contributed by atoms with Crippen molar-refractivity contribution in [2.75, 3.05) is 13.6 Å². The van der Waals surface area contributed by atoms with Crippen LogP contribution in [-0.4, -0.2) is 25.5 Å². The first-order valence-electron chi connectivity index (χ1n) is 7.62. The Kier molecular flexibility index (Phi) is 5.43. The number of likely N-dealkylation sites (N-methyl/N-ethyl adjacent to an activating group) is 1. The number of carbonyl (C=O) groups excluding carboxylic acids is 1. The maximum atomic E-state index is 12.1. The van der Waals surface area contributed by atoms with Gasteiger partial charge >= 0.3 is 0 Å². The molecule has 4 heteroatoms. The molecule has 0 heterocycles. The second-order valence-electron chi connectivity index (χ2n) is 5.99. The highest BCUT2D eigenvalue weighted by molar-refractivity contribution is 5.86. The molecule has 3 nitrogen and oxygen atoms in total. The second kappa shape index (κ2) is 7.12. The van der Waals surface area contributed by atoms with E-state index in [4.69, 9.17) is 0 Å². The first-order valence-corrected chi connectivity index (χ1v) is 7.62. The lowest BCUT2D eigenvalue weighted by atomic mass is 10.0. The molecule has 3 rings (SSSR count). The molecule has 0 aromatic heterocycles. The Hall–Kier alpha value is -1.58. The predicted octanol–water partition coefficient (Wildman–Crippen LogP) is 3.09. The fraction of sp³-hybridized carbons (Fsp3) is 0.389. The van der Waals surface area contributed by atoms with Gasteiger partial charge in [0.15, 0.2) is 0 Å². The van der Waals surface area contributed by atoms with Crippen LogP contribution in [0.15, 0.2) is 42.5 Å². The van der Waals surface area contributed by atoms with Gasteiger partial charge in [0, 0.05) is 18.5 Å². The molecule has 3 unspecified atom stereocenters. The van der Waals surface area contributed by atoms with Gasteiger partial charge in [0.2, 0.25) is 5.91 Å². The summed E-state index contributed by atoms with van der Waals surface area (Å²) >= 11 is 0. The second-order valence-corrected chi connectivity index (χ2v) is 5.99. The Balaban J connectivity index is 0.00000176. The van der Waals surface area contributed by atoms with Gasteiger partial charge in [0.1, 0.15) is 0 Å². The lowest BCUT2D eigenvalue weighted by Gasteiger charge is -2.11. The van der Waals surface area contributed by atoms with Gasteiger partial charge in [-0.3, -0.25) is 4.79 Å². The van der Waals surface area contributed by atoms with Crippen LogP contribution in [-0.2, 0) is 4.79 Å².